The van der Waals surface area contributed by atoms with Crippen molar-refractivity contribution in [2.75, 3.05) is 26.4 Å². The first-order valence-electron chi connectivity index (χ1n) is 11.8. The molecule has 0 aromatic rings. The summed E-state index contributed by atoms with van der Waals surface area (Å²) in [6.45, 7) is 4.83. The number of hydrogen-bond acceptors (Lipinski definition) is 5. The van der Waals surface area contributed by atoms with Gasteiger partial charge in [-0.05, 0) is 67.6 Å². The first-order chi connectivity index (χ1) is 13.6. The van der Waals surface area contributed by atoms with Gasteiger partial charge in [0.15, 0.2) is 12.1 Å². The summed E-state index contributed by atoms with van der Waals surface area (Å²) < 4.78 is 25.4. The molecule has 1 N–H and O–H groups in total. The Bertz CT molecular complexity index is 612. The molecular weight excluding hydrogens is 356 g/mol. The van der Waals surface area contributed by atoms with Gasteiger partial charge in [0, 0.05) is 6.42 Å². The van der Waals surface area contributed by atoms with Gasteiger partial charge in [0.2, 0.25) is 0 Å². The largest absolute Gasteiger partial charge is 0.393 e. The Kier molecular flexibility index (Phi) is 4.24. The van der Waals surface area contributed by atoms with Crippen LogP contribution >= 0.6 is 0 Å². The molecule has 2 aliphatic heterocycles. The number of aliphatic hydroxyl groups is 1. The summed E-state index contributed by atoms with van der Waals surface area (Å²) in [5.74, 6) is 1.41. The van der Waals surface area contributed by atoms with Gasteiger partial charge in [0.25, 0.3) is 0 Å². The highest BCUT2D eigenvalue weighted by molar-refractivity contribution is 5.17. The smallest absolute Gasteiger partial charge is 0.179 e. The van der Waals surface area contributed by atoms with Crippen LogP contribution in [0.15, 0.2) is 0 Å². The molecule has 158 valence electrons. The minimum absolute atomic E-state index is 0.205. The summed E-state index contributed by atoms with van der Waals surface area (Å²) in [7, 11) is 0. The van der Waals surface area contributed by atoms with Gasteiger partial charge < -0.3 is 24.1 Å². The molecule has 1 spiro atoms. The summed E-state index contributed by atoms with van der Waals surface area (Å²) >= 11 is 0. The molecule has 5 nitrogen and oxygen atoms in total. The predicted octanol–water partition coefficient (Wildman–Crippen LogP) is 3.49. The van der Waals surface area contributed by atoms with Gasteiger partial charge in [-0.25, -0.2) is 0 Å². The standard InChI is InChI=1S/C23H36O5/c1-21-7-3-2-4-15(21)14-18(24)19-16(21)5-8-22-17(19)6-9-23(22)27-12-10-25-20(22)26-11-13-28-23/h15-20,24H,2-14H2,1H3/t15-,16+,17+,18?,19-,20?,21+,22+,23?/m1/s1. The predicted molar refractivity (Wildman–Crippen MR) is 102 cm³/mol. The second-order valence-corrected chi connectivity index (χ2v) is 10.7. The molecular formula is C23H36O5. The van der Waals surface area contributed by atoms with E-state index < -0.39 is 5.79 Å². The second-order valence-electron chi connectivity index (χ2n) is 10.7. The Morgan fingerprint density at radius 3 is 2.36 bits per heavy atom. The van der Waals surface area contributed by atoms with Crippen LogP contribution in [0.1, 0.15) is 64.7 Å². The summed E-state index contributed by atoms with van der Waals surface area (Å²) in [4.78, 5) is 0. The van der Waals surface area contributed by atoms with Crippen molar-refractivity contribution in [3.63, 3.8) is 0 Å². The number of rotatable bonds is 0. The van der Waals surface area contributed by atoms with Crippen LogP contribution < -0.4 is 0 Å². The third-order valence-electron chi connectivity index (χ3n) is 10.0. The van der Waals surface area contributed by atoms with E-state index in [2.05, 4.69) is 6.92 Å². The topological polar surface area (TPSA) is 57.2 Å². The van der Waals surface area contributed by atoms with Gasteiger partial charge in [-0.1, -0.05) is 19.8 Å². The molecule has 0 amide bonds. The minimum Gasteiger partial charge on any atom is -0.393 e. The van der Waals surface area contributed by atoms with Crippen LogP contribution in [0.3, 0.4) is 0 Å². The molecule has 5 heteroatoms. The van der Waals surface area contributed by atoms with Crippen molar-refractivity contribution < 1.29 is 24.1 Å². The third kappa shape index (κ3) is 2.21. The Morgan fingerprint density at radius 2 is 1.57 bits per heavy atom. The zero-order valence-electron chi connectivity index (χ0n) is 17.2. The minimum atomic E-state index is -0.579. The average Bonchev–Trinajstić information content (AvgIpc) is 2.86. The average molecular weight is 393 g/mol. The summed E-state index contributed by atoms with van der Waals surface area (Å²) in [5, 5.41) is 11.4. The Hall–Kier alpha value is -0.200. The second kappa shape index (κ2) is 6.40. The number of hydrogen-bond donors (Lipinski definition) is 1. The molecule has 0 radical (unpaired) electrons. The fraction of sp³-hybridized carbons (Fsp3) is 1.00. The van der Waals surface area contributed by atoms with E-state index in [1.807, 2.05) is 0 Å². The molecule has 1 unspecified atom stereocenters. The summed E-state index contributed by atoms with van der Waals surface area (Å²) in [6.07, 6.45) is 10.0. The first-order valence-corrected chi connectivity index (χ1v) is 11.8. The van der Waals surface area contributed by atoms with Gasteiger partial charge in [0.05, 0.1) is 37.9 Å². The van der Waals surface area contributed by atoms with Crippen molar-refractivity contribution >= 4 is 0 Å². The van der Waals surface area contributed by atoms with Gasteiger partial charge in [-0.3, -0.25) is 0 Å². The molecule has 7 atom stereocenters. The summed E-state index contributed by atoms with van der Waals surface area (Å²) in [6, 6.07) is 0. The summed E-state index contributed by atoms with van der Waals surface area (Å²) in [5.41, 5.74) is 0.124. The lowest BCUT2D eigenvalue weighted by Crippen LogP contribution is -2.64. The number of ether oxygens (including phenoxy) is 4. The lowest BCUT2D eigenvalue weighted by molar-refractivity contribution is -0.323. The van der Waals surface area contributed by atoms with Crippen molar-refractivity contribution in [1.29, 1.82) is 0 Å². The number of aliphatic hydroxyl groups excluding tert-OH is 1. The van der Waals surface area contributed by atoms with Crippen LogP contribution in [0.2, 0.25) is 0 Å². The monoisotopic (exact) mass is 392 g/mol. The zero-order chi connectivity index (χ0) is 19.0. The Morgan fingerprint density at radius 1 is 0.821 bits per heavy atom. The molecule has 6 aliphatic rings. The molecule has 28 heavy (non-hydrogen) atoms. The van der Waals surface area contributed by atoms with E-state index in [0.717, 1.165) is 32.1 Å². The van der Waals surface area contributed by atoms with Gasteiger partial charge >= 0.3 is 0 Å². The van der Waals surface area contributed by atoms with Crippen LogP contribution in [0.25, 0.3) is 0 Å². The first kappa shape index (κ1) is 18.6. The highest BCUT2D eigenvalue weighted by Crippen LogP contribution is 2.71. The van der Waals surface area contributed by atoms with Gasteiger partial charge in [-0.15, -0.1) is 0 Å². The molecule has 0 aromatic heterocycles. The van der Waals surface area contributed by atoms with Crippen LogP contribution in [-0.4, -0.2) is 49.7 Å². The molecule has 0 aromatic carbocycles. The van der Waals surface area contributed by atoms with E-state index in [0.29, 0.717) is 55.5 Å². The highest BCUT2D eigenvalue weighted by Gasteiger charge is 2.73. The number of fused-ring (bicyclic) bond motifs is 4. The lowest BCUT2D eigenvalue weighted by atomic mass is 9.44. The van der Waals surface area contributed by atoms with E-state index in [1.165, 1.54) is 25.7 Å². The molecule has 6 fully saturated rings. The Balaban J connectivity index is 1.43. The van der Waals surface area contributed by atoms with Crippen LogP contribution in [0, 0.1) is 34.5 Å². The van der Waals surface area contributed by atoms with E-state index in [1.54, 1.807) is 0 Å². The van der Waals surface area contributed by atoms with E-state index >= 15 is 0 Å². The van der Waals surface area contributed by atoms with Gasteiger partial charge in [0.1, 0.15) is 0 Å². The maximum absolute atomic E-state index is 11.4. The van der Waals surface area contributed by atoms with E-state index in [-0.39, 0.29) is 17.8 Å². The molecule has 2 saturated heterocycles. The third-order valence-corrected chi connectivity index (χ3v) is 10.0. The fourth-order valence-corrected chi connectivity index (χ4v) is 8.95. The van der Waals surface area contributed by atoms with E-state index in [9.17, 15) is 5.11 Å². The maximum atomic E-state index is 11.4. The lowest BCUT2D eigenvalue weighted by Gasteiger charge is -2.63. The molecule has 4 aliphatic carbocycles. The molecule has 2 bridgehead atoms. The molecule has 6 rings (SSSR count). The quantitative estimate of drug-likeness (QED) is 0.684. The van der Waals surface area contributed by atoms with Crippen molar-refractivity contribution in [2.24, 2.45) is 34.5 Å². The fourth-order valence-electron chi connectivity index (χ4n) is 8.95. The van der Waals surface area contributed by atoms with Crippen molar-refractivity contribution in [2.45, 2.75) is 82.9 Å². The SMILES string of the molecule is C[C@]12CCCC[C@@H]1CC(O)[C@@H]1[C@@H]2CC[C@]23C4OCCOC2(CC[C@@H]13)OCCO4. The normalized spacial score (nSPS) is 58.5. The zero-order valence-corrected chi connectivity index (χ0v) is 17.2. The Labute approximate surface area is 168 Å². The van der Waals surface area contributed by atoms with Crippen molar-refractivity contribution in [1.82, 2.24) is 0 Å². The molecule has 2 heterocycles. The van der Waals surface area contributed by atoms with Crippen LogP contribution in [-0.2, 0) is 18.9 Å². The maximum Gasteiger partial charge on any atom is 0.179 e. The molecule has 4 saturated carbocycles. The van der Waals surface area contributed by atoms with Crippen LogP contribution in [0.5, 0.6) is 0 Å². The van der Waals surface area contributed by atoms with Crippen LogP contribution in [0.4, 0.5) is 0 Å². The highest BCUT2D eigenvalue weighted by atomic mass is 16.8. The van der Waals surface area contributed by atoms with E-state index in [4.69, 9.17) is 18.9 Å². The van der Waals surface area contributed by atoms with Crippen molar-refractivity contribution in [3.8, 4) is 0 Å². The van der Waals surface area contributed by atoms with Gasteiger partial charge in [-0.2, -0.15) is 0 Å². The van der Waals surface area contributed by atoms with Crippen molar-refractivity contribution in [3.05, 3.63) is 0 Å².